The average Bonchev–Trinajstić information content (AvgIpc) is 3.16. The first-order valence-corrected chi connectivity index (χ1v) is 7.61. The van der Waals surface area contributed by atoms with Gasteiger partial charge in [0.2, 0.25) is 0 Å². The van der Waals surface area contributed by atoms with Crippen molar-refractivity contribution in [1.29, 1.82) is 0 Å². The molecular weight excluding hydrogens is 310 g/mol. The molecular formula is C15H12ClNO3S. The molecule has 1 aromatic heterocycles. The molecule has 1 aliphatic rings. The largest absolute Gasteiger partial charge is 0.481 e. The summed E-state index contributed by atoms with van der Waals surface area (Å²) in [6.45, 7) is 0. The first kappa shape index (κ1) is 14.1. The second-order valence-electron chi connectivity index (χ2n) is 5.02. The number of thiophene rings is 1. The van der Waals surface area contributed by atoms with Crippen LogP contribution in [-0.2, 0) is 10.2 Å². The lowest BCUT2D eigenvalue weighted by atomic mass is 9.96. The average molecular weight is 322 g/mol. The maximum atomic E-state index is 12.0. The number of hydrogen-bond acceptors (Lipinski definition) is 3. The van der Waals surface area contributed by atoms with Crippen molar-refractivity contribution in [3.05, 3.63) is 51.2 Å². The van der Waals surface area contributed by atoms with Crippen molar-refractivity contribution < 1.29 is 14.7 Å². The van der Waals surface area contributed by atoms with Crippen molar-refractivity contribution in [2.75, 3.05) is 5.32 Å². The van der Waals surface area contributed by atoms with Crippen molar-refractivity contribution >= 4 is 40.5 Å². The highest BCUT2D eigenvalue weighted by Crippen LogP contribution is 2.48. The number of rotatable bonds is 4. The molecule has 1 fully saturated rings. The Balaban J connectivity index is 1.73. The maximum absolute atomic E-state index is 12.0. The van der Waals surface area contributed by atoms with E-state index in [9.17, 15) is 14.7 Å². The van der Waals surface area contributed by atoms with Crippen LogP contribution in [0, 0.1) is 0 Å². The van der Waals surface area contributed by atoms with E-state index in [0.717, 1.165) is 5.56 Å². The molecule has 21 heavy (non-hydrogen) atoms. The predicted octanol–water partition coefficient (Wildman–Crippen LogP) is 3.77. The van der Waals surface area contributed by atoms with Crippen LogP contribution in [0.25, 0.3) is 0 Å². The van der Waals surface area contributed by atoms with Crippen molar-refractivity contribution in [2.45, 2.75) is 18.3 Å². The summed E-state index contributed by atoms with van der Waals surface area (Å²) in [4.78, 5) is 23.8. The van der Waals surface area contributed by atoms with E-state index in [4.69, 9.17) is 11.6 Å². The molecule has 108 valence electrons. The quantitative estimate of drug-likeness (QED) is 0.900. The van der Waals surface area contributed by atoms with Gasteiger partial charge >= 0.3 is 5.97 Å². The van der Waals surface area contributed by atoms with Gasteiger partial charge in [0, 0.05) is 5.69 Å². The Morgan fingerprint density at radius 2 is 1.81 bits per heavy atom. The fourth-order valence-electron chi connectivity index (χ4n) is 2.25. The molecule has 3 rings (SSSR count). The molecule has 0 bridgehead atoms. The monoisotopic (exact) mass is 321 g/mol. The number of carbonyl (C=O) groups excluding carboxylic acids is 1. The van der Waals surface area contributed by atoms with E-state index in [-0.39, 0.29) is 5.91 Å². The first-order chi connectivity index (χ1) is 10.0. The normalized spacial score (nSPS) is 15.5. The Bertz CT molecular complexity index is 704. The minimum atomic E-state index is -0.785. The van der Waals surface area contributed by atoms with Gasteiger partial charge in [0.25, 0.3) is 5.91 Å². The molecule has 1 aliphatic carbocycles. The van der Waals surface area contributed by atoms with Crippen LogP contribution in [0.2, 0.25) is 4.34 Å². The second kappa shape index (κ2) is 5.16. The van der Waals surface area contributed by atoms with Crippen LogP contribution in [0.15, 0.2) is 36.4 Å². The number of nitrogens with one attached hydrogen (secondary N) is 1. The minimum Gasteiger partial charge on any atom is -0.481 e. The number of benzene rings is 1. The Kier molecular flexibility index (Phi) is 3.47. The summed E-state index contributed by atoms with van der Waals surface area (Å²) in [6.07, 6.45) is 1.34. The Morgan fingerprint density at radius 3 is 2.29 bits per heavy atom. The van der Waals surface area contributed by atoms with Crippen molar-refractivity contribution in [3.8, 4) is 0 Å². The molecule has 1 saturated carbocycles. The van der Waals surface area contributed by atoms with Gasteiger partial charge in [-0.3, -0.25) is 9.59 Å². The first-order valence-electron chi connectivity index (χ1n) is 6.42. The molecule has 0 radical (unpaired) electrons. The zero-order chi connectivity index (χ0) is 15.0. The summed E-state index contributed by atoms with van der Waals surface area (Å²) in [5.41, 5.74) is 0.700. The number of amides is 1. The standard InChI is InChI=1S/C15H12ClNO3S/c16-12-6-5-11(21-12)13(18)17-10-3-1-9(2-4-10)15(7-8-15)14(19)20/h1-6H,7-8H2,(H,17,18)(H,19,20). The number of anilines is 1. The van der Waals surface area contributed by atoms with Gasteiger partial charge in [-0.2, -0.15) is 0 Å². The molecule has 0 saturated heterocycles. The van der Waals surface area contributed by atoms with Gasteiger partial charge < -0.3 is 10.4 Å². The van der Waals surface area contributed by atoms with Crippen molar-refractivity contribution in [1.82, 2.24) is 0 Å². The molecule has 1 heterocycles. The Hall–Kier alpha value is -1.85. The lowest BCUT2D eigenvalue weighted by molar-refractivity contribution is -0.140. The molecule has 4 nitrogen and oxygen atoms in total. The highest BCUT2D eigenvalue weighted by molar-refractivity contribution is 7.18. The SMILES string of the molecule is O=C(Nc1ccc(C2(C(=O)O)CC2)cc1)c1ccc(Cl)s1. The van der Waals surface area contributed by atoms with E-state index >= 15 is 0 Å². The molecule has 0 atom stereocenters. The van der Waals surface area contributed by atoms with Crippen LogP contribution < -0.4 is 5.32 Å². The maximum Gasteiger partial charge on any atom is 0.314 e. The van der Waals surface area contributed by atoms with Crippen LogP contribution in [-0.4, -0.2) is 17.0 Å². The van der Waals surface area contributed by atoms with Crippen LogP contribution in [0.4, 0.5) is 5.69 Å². The molecule has 0 unspecified atom stereocenters. The van der Waals surface area contributed by atoms with Gasteiger partial charge in [-0.15, -0.1) is 11.3 Å². The Morgan fingerprint density at radius 1 is 1.14 bits per heavy atom. The number of carboxylic acids is 1. The third-order valence-corrected chi connectivity index (χ3v) is 4.88. The molecule has 2 aromatic rings. The summed E-state index contributed by atoms with van der Waals surface area (Å²) >= 11 is 7.01. The zero-order valence-electron chi connectivity index (χ0n) is 10.9. The van der Waals surface area contributed by atoms with Crippen LogP contribution >= 0.6 is 22.9 Å². The predicted molar refractivity (Wildman–Crippen MR) is 82.3 cm³/mol. The molecule has 0 spiro atoms. The topological polar surface area (TPSA) is 66.4 Å². The van der Waals surface area contributed by atoms with Crippen LogP contribution in [0.1, 0.15) is 28.1 Å². The van der Waals surface area contributed by atoms with E-state index in [2.05, 4.69) is 5.32 Å². The fourth-order valence-corrected chi connectivity index (χ4v) is 3.19. The van der Waals surface area contributed by atoms with Gasteiger partial charge in [0.1, 0.15) is 0 Å². The van der Waals surface area contributed by atoms with Crippen molar-refractivity contribution in [2.24, 2.45) is 0 Å². The van der Waals surface area contributed by atoms with Crippen LogP contribution in [0.3, 0.4) is 0 Å². The highest BCUT2D eigenvalue weighted by atomic mass is 35.5. The summed E-state index contributed by atoms with van der Waals surface area (Å²) < 4.78 is 0.563. The molecule has 1 amide bonds. The molecule has 2 N–H and O–H groups in total. The summed E-state index contributed by atoms with van der Waals surface area (Å²) in [5, 5.41) is 12.0. The van der Waals surface area contributed by atoms with Gasteiger partial charge in [-0.05, 0) is 42.7 Å². The second-order valence-corrected chi connectivity index (χ2v) is 6.74. The van der Waals surface area contributed by atoms with Gasteiger partial charge in [-0.25, -0.2) is 0 Å². The Labute approximate surface area is 130 Å². The van der Waals surface area contributed by atoms with E-state index in [1.165, 1.54) is 11.3 Å². The number of aliphatic carboxylic acids is 1. The van der Waals surface area contributed by atoms with Crippen LogP contribution in [0.5, 0.6) is 0 Å². The number of halogens is 1. The van der Waals surface area contributed by atoms with Crippen molar-refractivity contribution in [3.63, 3.8) is 0 Å². The fraction of sp³-hybridized carbons (Fsp3) is 0.200. The molecule has 0 aliphatic heterocycles. The van der Waals surface area contributed by atoms with E-state index in [1.54, 1.807) is 36.4 Å². The third kappa shape index (κ3) is 2.66. The summed E-state index contributed by atoms with van der Waals surface area (Å²) in [5.74, 6) is -1.01. The lowest BCUT2D eigenvalue weighted by Crippen LogP contribution is -2.19. The van der Waals surface area contributed by atoms with Gasteiger partial charge in [0.05, 0.1) is 14.6 Å². The summed E-state index contributed by atoms with van der Waals surface area (Å²) in [6, 6.07) is 10.3. The van der Waals surface area contributed by atoms with Gasteiger partial charge in [-0.1, -0.05) is 23.7 Å². The van der Waals surface area contributed by atoms with E-state index in [0.29, 0.717) is 27.7 Å². The lowest BCUT2D eigenvalue weighted by Gasteiger charge is -2.11. The van der Waals surface area contributed by atoms with Gasteiger partial charge in [0.15, 0.2) is 0 Å². The smallest absolute Gasteiger partial charge is 0.314 e. The van der Waals surface area contributed by atoms with E-state index < -0.39 is 11.4 Å². The number of carboxylic acid groups (broad SMARTS) is 1. The molecule has 1 aromatic carbocycles. The molecule has 6 heteroatoms. The summed E-state index contributed by atoms with van der Waals surface area (Å²) in [7, 11) is 0. The third-order valence-electron chi connectivity index (χ3n) is 3.65. The minimum absolute atomic E-state index is 0.223. The van der Waals surface area contributed by atoms with E-state index in [1.807, 2.05) is 0 Å². The highest BCUT2D eigenvalue weighted by Gasteiger charge is 2.51. The number of carbonyl (C=O) groups is 2. The number of hydrogen-bond donors (Lipinski definition) is 2. The zero-order valence-corrected chi connectivity index (χ0v) is 12.5.